The van der Waals surface area contributed by atoms with Crippen LogP contribution in [0.3, 0.4) is 0 Å². The molecule has 3 aromatic heterocycles. The smallest absolute Gasteiger partial charge is 0.120 e. The molecule has 0 spiro atoms. The van der Waals surface area contributed by atoms with E-state index >= 15 is 0 Å². The van der Waals surface area contributed by atoms with E-state index in [1.54, 1.807) is 0 Å². The molecule has 3 aliphatic rings. The molecule has 4 aromatic carbocycles. The fraction of sp³-hybridized carbons (Fsp3) is 0.370. The van der Waals surface area contributed by atoms with Gasteiger partial charge in [0.1, 0.15) is 5.58 Å². The number of hydrogen-bond donors (Lipinski definition) is 0. The molecule has 3 heterocycles. The number of para-hydroxylation sites is 1. The van der Waals surface area contributed by atoms with Crippen molar-refractivity contribution in [2.75, 3.05) is 0 Å². The fourth-order valence-corrected chi connectivity index (χ4v) is 11.6. The summed E-state index contributed by atoms with van der Waals surface area (Å²) in [4.78, 5) is 9.78. The van der Waals surface area contributed by atoms with Gasteiger partial charge in [-0.05, 0) is 115 Å². The number of benzene rings is 4. The van der Waals surface area contributed by atoms with Crippen molar-refractivity contribution in [3.05, 3.63) is 136 Å². The van der Waals surface area contributed by atoms with Crippen LogP contribution in [0.1, 0.15) is 98.2 Å². The molecule has 0 unspecified atom stereocenters. The average Bonchev–Trinajstić information content (AvgIpc) is 3.62. The van der Waals surface area contributed by atoms with Crippen LogP contribution in [-0.4, -0.2) is 18.0 Å². The first-order valence-corrected chi connectivity index (χ1v) is 25.5. The van der Waals surface area contributed by atoms with Crippen molar-refractivity contribution in [2.45, 2.75) is 124 Å². The molecule has 10 rings (SSSR count). The number of furan rings is 1. The van der Waals surface area contributed by atoms with E-state index in [4.69, 9.17) is 14.4 Å². The van der Waals surface area contributed by atoms with Crippen LogP contribution < -0.4 is 5.19 Å². The predicted molar refractivity (Wildman–Crippen MR) is 246 cm³/mol. The van der Waals surface area contributed by atoms with Crippen LogP contribution in [0.15, 0.2) is 89.6 Å². The second-order valence-corrected chi connectivity index (χ2v) is 24.4. The minimum Gasteiger partial charge on any atom is -0.501 e. The van der Waals surface area contributed by atoms with Crippen LogP contribution >= 0.6 is 0 Å². The van der Waals surface area contributed by atoms with Crippen molar-refractivity contribution in [3.8, 4) is 33.6 Å². The van der Waals surface area contributed by atoms with Crippen LogP contribution in [0, 0.1) is 17.5 Å². The molecule has 0 saturated heterocycles. The van der Waals surface area contributed by atoms with Crippen LogP contribution in [-0.2, 0) is 65.1 Å². The Bertz CT molecular complexity index is 2640. The van der Waals surface area contributed by atoms with Gasteiger partial charge in [-0.15, -0.1) is 47.0 Å². The zero-order chi connectivity index (χ0) is 40.0. The molecule has 3 aliphatic carbocycles. The molecule has 0 atom stereocenters. The predicted octanol–water partition coefficient (Wildman–Crippen LogP) is 13.4. The summed E-state index contributed by atoms with van der Waals surface area (Å²) in [5, 5.41) is 3.89. The molecule has 0 bridgehead atoms. The minimum absolute atomic E-state index is 0. The van der Waals surface area contributed by atoms with Gasteiger partial charge in [-0.3, -0.25) is 0 Å². The topological polar surface area (TPSA) is 38.9 Å². The molecule has 1 radical (unpaired) electrons. The molecule has 3 nitrogen and oxygen atoms in total. The third kappa shape index (κ3) is 8.45. The maximum absolute atomic E-state index is 6.56. The molecule has 305 valence electrons. The number of nitrogens with zero attached hydrogens (tertiary/aromatic N) is 2. The fourth-order valence-electron chi connectivity index (χ4n) is 10.0. The third-order valence-electron chi connectivity index (χ3n) is 12.8. The van der Waals surface area contributed by atoms with Gasteiger partial charge in [-0.2, -0.15) is 0 Å². The summed E-state index contributed by atoms with van der Waals surface area (Å²) in [6.45, 7) is 14.3. The summed E-state index contributed by atoms with van der Waals surface area (Å²) in [6, 6.07) is 33.5. The summed E-state index contributed by atoms with van der Waals surface area (Å²) in [7, 11) is -1.40. The van der Waals surface area contributed by atoms with Crippen LogP contribution in [0.5, 0.6) is 0 Å². The van der Waals surface area contributed by atoms with Crippen LogP contribution in [0.2, 0.25) is 19.6 Å². The summed E-state index contributed by atoms with van der Waals surface area (Å²) in [5.74, 6) is 0. The molecule has 5 heteroatoms. The van der Waals surface area contributed by atoms with Gasteiger partial charge in [0.15, 0.2) is 0 Å². The first-order valence-electron chi connectivity index (χ1n) is 22.0. The van der Waals surface area contributed by atoms with E-state index < -0.39 is 8.07 Å². The molecule has 0 aliphatic heterocycles. The van der Waals surface area contributed by atoms with Crippen molar-refractivity contribution in [1.29, 1.82) is 0 Å². The Kier molecular flexibility index (Phi) is 12.0. The summed E-state index contributed by atoms with van der Waals surface area (Å²) in [6.07, 6.45) is 19.8. The summed E-state index contributed by atoms with van der Waals surface area (Å²) >= 11 is 0. The van der Waals surface area contributed by atoms with Gasteiger partial charge in [0.05, 0.1) is 13.7 Å². The standard InChI is InChI=1S/C31H26NO.C23H32NSi.Ir/c1-3-11-22-20(8-1)10-7-14-24(22)25-16-17-27(30-23-12-4-2-9-21(23)18-19-32-30)31-29(25)26-13-5-6-15-28(26)33-31;1-23(2,3)15-18-14-21(24-16-22(18)25(4,5)6)20-13-9-11-17-10-7-8-12-19(17)20;/h5-7,10,13-16,18-19H,1-4,8-9,11-12H2;9,11,14,16H,7-8,10,12,15H2,1-6H3;/q2*-1;. The van der Waals surface area contributed by atoms with E-state index in [-0.39, 0.29) is 25.5 Å². The Labute approximate surface area is 366 Å². The molecule has 0 N–H and O–H groups in total. The average molecular weight is 971 g/mol. The van der Waals surface area contributed by atoms with Crippen molar-refractivity contribution in [1.82, 2.24) is 9.97 Å². The molecule has 7 aromatic rings. The van der Waals surface area contributed by atoms with Gasteiger partial charge in [0.2, 0.25) is 0 Å². The number of fused-ring (bicyclic) bond motifs is 6. The molecule has 0 amide bonds. The Morgan fingerprint density at radius 3 is 2.10 bits per heavy atom. The van der Waals surface area contributed by atoms with E-state index in [2.05, 4.69) is 132 Å². The molecular weight excluding hydrogens is 913 g/mol. The molecule has 59 heavy (non-hydrogen) atoms. The van der Waals surface area contributed by atoms with E-state index in [1.165, 1.54) is 129 Å². The second-order valence-electron chi connectivity index (χ2n) is 19.3. The van der Waals surface area contributed by atoms with Gasteiger partial charge in [-0.1, -0.05) is 136 Å². The summed E-state index contributed by atoms with van der Waals surface area (Å²) < 4.78 is 6.56. The first-order chi connectivity index (χ1) is 28.0. The second kappa shape index (κ2) is 17.1. The van der Waals surface area contributed by atoms with Crippen LogP contribution in [0.25, 0.3) is 55.6 Å². The van der Waals surface area contributed by atoms with Crippen molar-refractivity contribution >= 4 is 35.2 Å². The Morgan fingerprint density at radius 2 is 1.36 bits per heavy atom. The van der Waals surface area contributed by atoms with E-state index in [0.717, 1.165) is 53.8 Å². The quantitative estimate of drug-likeness (QED) is 0.127. The zero-order valence-corrected chi connectivity index (χ0v) is 39.3. The first kappa shape index (κ1) is 41.6. The number of rotatable bonds is 5. The maximum Gasteiger partial charge on any atom is 0.120 e. The monoisotopic (exact) mass is 971 g/mol. The van der Waals surface area contributed by atoms with Gasteiger partial charge in [-0.25, -0.2) is 0 Å². The summed E-state index contributed by atoms with van der Waals surface area (Å²) in [5.41, 5.74) is 19.5. The van der Waals surface area contributed by atoms with Gasteiger partial charge in [0.25, 0.3) is 0 Å². The van der Waals surface area contributed by atoms with Crippen LogP contribution in [0.4, 0.5) is 0 Å². The number of aromatic nitrogens is 2. The van der Waals surface area contributed by atoms with E-state index in [1.807, 2.05) is 6.20 Å². The molecule has 0 fully saturated rings. The van der Waals surface area contributed by atoms with Gasteiger partial charge in [0, 0.05) is 37.9 Å². The molecular formula is C54H58IrN2OSi-2. The van der Waals surface area contributed by atoms with Crippen molar-refractivity contribution in [2.24, 2.45) is 5.41 Å². The normalized spacial score (nSPS) is 15.1. The maximum atomic E-state index is 6.56. The minimum atomic E-state index is -1.40. The number of hydrogen-bond acceptors (Lipinski definition) is 3. The van der Waals surface area contributed by atoms with Crippen molar-refractivity contribution < 1.29 is 24.5 Å². The zero-order valence-electron chi connectivity index (χ0n) is 35.9. The Balaban J connectivity index is 0.000000168. The SMILES string of the molecule is CC(C)(C)Cc1cc(-c2[c-]ccc3c2CCCC3)ncc1[Si](C)(C)C.[Ir].[c-]1cc(-c2cccc3c2CCCC3)c2c(oc3ccccc32)c1-c1nccc2c1CCCC2. The van der Waals surface area contributed by atoms with Crippen molar-refractivity contribution in [3.63, 3.8) is 0 Å². The van der Waals surface area contributed by atoms with Gasteiger partial charge < -0.3 is 14.4 Å². The Morgan fingerprint density at radius 1 is 0.678 bits per heavy atom. The Hall–Kier alpha value is -4.15. The third-order valence-corrected chi connectivity index (χ3v) is 14.8. The van der Waals surface area contributed by atoms with Gasteiger partial charge >= 0.3 is 0 Å². The largest absolute Gasteiger partial charge is 0.501 e. The number of pyridine rings is 2. The molecule has 0 saturated carbocycles. The number of aryl methyl sites for hydroxylation is 3. The van der Waals surface area contributed by atoms with E-state index in [0.29, 0.717) is 0 Å². The van der Waals surface area contributed by atoms with E-state index in [9.17, 15) is 0 Å².